The Hall–Kier alpha value is -3.78. The molecule has 0 spiro atoms. The monoisotopic (exact) mass is 437 g/mol. The molecule has 0 bridgehead atoms. The Kier molecular flexibility index (Phi) is 5.39. The van der Waals surface area contributed by atoms with Crippen LogP contribution in [0.25, 0.3) is 10.9 Å². The number of phenols is 1. The quantitative estimate of drug-likeness (QED) is 0.373. The number of nitrogens with one attached hydrogen (secondary N) is 2. The first kappa shape index (κ1) is 20.5. The summed E-state index contributed by atoms with van der Waals surface area (Å²) in [4.78, 5) is 4.76. The number of fused-ring (bicyclic) bond motifs is 1. The molecular weight excluding hydrogens is 417 g/mol. The fraction of sp³-hybridized carbons (Fsp3) is 0.0435. The van der Waals surface area contributed by atoms with Crippen LogP contribution >= 0.6 is 0 Å². The summed E-state index contributed by atoms with van der Waals surface area (Å²) >= 11 is 0. The maximum absolute atomic E-state index is 13.2. The number of rotatable bonds is 6. The van der Waals surface area contributed by atoms with Crippen molar-refractivity contribution in [1.29, 1.82) is 0 Å². The Morgan fingerprint density at radius 3 is 2.55 bits per heavy atom. The van der Waals surface area contributed by atoms with E-state index in [1.807, 2.05) is 0 Å². The third-order valence-electron chi connectivity index (χ3n) is 4.62. The third kappa shape index (κ3) is 4.54. The van der Waals surface area contributed by atoms with E-state index >= 15 is 0 Å². The average molecular weight is 437 g/mol. The number of benzene rings is 3. The molecule has 0 fully saturated rings. The topological polar surface area (TPSA) is 83.5 Å². The summed E-state index contributed by atoms with van der Waals surface area (Å²) in [6, 6.07) is 17.4. The number of ether oxygens (including phenoxy) is 1. The largest absolute Gasteiger partial charge is 0.508 e. The number of hydrogen-bond donors (Lipinski definition) is 3. The van der Waals surface area contributed by atoms with Crippen LogP contribution in [0.5, 0.6) is 11.5 Å². The second-order valence-electron chi connectivity index (χ2n) is 6.87. The second-order valence-corrected chi connectivity index (χ2v) is 8.89. The van der Waals surface area contributed by atoms with Crippen molar-refractivity contribution in [2.24, 2.45) is 0 Å². The predicted molar refractivity (Wildman–Crippen MR) is 123 cm³/mol. The van der Waals surface area contributed by atoms with Crippen LogP contribution < -0.4 is 14.8 Å². The molecule has 1 aromatic heterocycles. The van der Waals surface area contributed by atoms with Crippen LogP contribution in [0.4, 0.5) is 21.5 Å². The van der Waals surface area contributed by atoms with Crippen molar-refractivity contribution >= 4 is 43.5 Å². The normalized spacial score (nSPS) is 12.8. The average Bonchev–Trinajstić information content (AvgIpc) is 2.74. The number of aromatic hydroxyl groups is 1. The van der Waals surface area contributed by atoms with Crippen molar-refractivity contribution in [1.82, 2.24) is 4.98 Å². The lowest BCUT2D eigenvalue weighted by Crippen LogP contribution is -2.12. The lowest BCUT2D eigenvalue weighted by molar-refractivity contribution is 0.408. The minimum atomic E-state index is -2.89. The van der Waals surface area contributed by atoms with Crippen LogP contribution in [0.15, 0.2) is 77.8 Å². The molecule has 0 amide bonds. The van der Waals surface area contributed by atoms with Crippen LogP contribution in [0, 0.1) is 5.82 Å². The van der Waals surface area contributed by atoms with Gasteiger partial charge in [0.15, 0.2) is 0 Å². The van der Waals surface area contributed by atoms with Crippen LogP contribution in [0.2, 0.25) is 0 Å². The molecule has 1 heterocycles. The zero-order valence-electron chi connectivity index (χ0n) is 16.6. The Bertz CT molecular complexity index is 1360. The Morgan fingerprint density at radius 2 is 1.81 bits per heavy atom. The summed E-state index contributed by atoms with van der Waals surface area (Å²) in [5.74, 6) is 3.96. The van der Waals surface area contributed by atoms with Crippen molar-refractivity contribution in [3.63, 3.8) is 0 Å². The minimum Gasteiger partial charge on any atom is -0.508 e. The number of anilines is 3. The van der Waals surface area contributed by atoms with Gasteiger partial charge in [-0.2, -0.15) is 0 Å². The Labute approximate surface area is 179 Å². The van der Waals surface area contributed by atoms with E-state index in [0.717, 1.165) is 16.6 Å². The molecule has 3 aromatic carbocycles. The molecule has 8 heteroatoms. The lowest BCUT2D eigenvalue weighted by Gasteiger charge is -2.15. The van der Waals surface area contributed by atoms with Gasteiger partial charge in [-0.15, -0.1) is 0 Å². The first-order chi connectivity index (χ1) is 14.8. The van der Waals surface area contributed by atoms with E-state index in [1.54, 1.807) is 42.6 Å². The van der Waals surface area contributed by atoms with Gasteiger partial charge in [0.05, 0.1) is 22.3 Å². The summed E-state index contributed by atoms with van der Waals surface area (Å²) in [5.41, 5.74) is 2.66. The first-order valence-electron chi connectivity index (χ1n) is 9.28. The van der Waals surface area contributed by atoms with E-state index in [0.29, 0.717) is 22.0 Å². The molecule has 158 valence electrons. The number of methoxy groups -OCH3 is 1. The molecule has 0 aliphatic carbocycles. The number of phenolic OH excluding ortho intramolecular Hbond substituents is 1. The molecule has 0 aliphatic rings. The second kappa shape index (κ2) is 8.16. The molecule has 0 saturated carbocycles. The van der Waals surface area contributed by atoms with Crippen LogP contribution in [0.1, 0.15) is 0 Å². The van der Waals surface area contributed by atoms with E-state index in [1.165, 1.54) is 37.4 Å². The van der Waals surface area contributed by atoms with Gasteiger partial charge in [0.25, 0.3) is 0 Å². The molecule has 1 atom stereocenters. The predicted octanol–water partition coefficient (Wildman–Crippen LogP) is 4.93. The highest BCUT2D eigenvalue weighted by Crippen LogP contribution is 2.31. The fourth-order valence-electron chi connectivity index (χ4n) is 3.15. The van der Waals surface area contributed by atoms with Crippen LogP contribution in [-0.4, -0.2) is 27.3 Å². The van der Waals surface area contributed by atoms with Gasteiger partial charge in [-0.1, -0.05) is 0 Å². The van der Waals surface area contributed by atoms with Crippen LogP contribution in [-0.2, 0) is 9.71 Å². The molecule has 3 N–H and O–H groups in total. The minimum absolute atomic E-state index is 0.0682. The van der Waals surface area contributed by atoms with Crippen molar-refractivity contribution in [3.05, 3.63) is 78.7 Å². The summed E-state index contributed by atoms with van der Waals surface area (Å²) in [6.45, 7) is 0. The van der Waals surface area contributed by atoms with Gasteiger partial charge in [-0.05, 0) is 54.4 Å². The van der Waals surface area contributed by atoms with E-state index in [4.69, 9.17) is 4.74 Å². The van der Waals surface area contributed by atoms with Gasteiger partial charge in [0, 0.05) is 51.7 Å². The standard InChI is InChI=1S/C23H20FN3O3S/c1-30-19-12-17(11-18(28)14-19)26-23-9-10-25-22-8-5-16(13-21(22)23)27-31(2,29)20-6-3-15(24)4-7-20/h3-14,28H,2H2,1H3,(H,25,26)(H,27,29). The maximum Gasteiger partial charge on any atom is 0.124 e. The highest BCUT2D eigenvalue weighted by Gasteiger charge is 2.11. The van der Waals surface area contributed by atoms with Crippen molar-refractivity contribution < 1.29 is 18.4 Å². The summed E-state index contributed by atoms with van der Waals surface area (Å²) in [7, 11) is -1.37. The zero-order valence-corrected chi connectivity index (χ0v) is 17.4. The molecule has 0 saturated heterocycles. The summed E-state index contributed by atoms with van der Waals surface area (Å²) in [6.07, 6.45) is 1.67. The molecule has 0 aliphatic heterocycles. The van der Waals surface area contributed by atoms with Gasteiger partial charge in [0.2, 0.25) is 0 Å². The van der Waals surface area contributed by atoms with E-state index in [2.05, 4.69) is 20.9 Å². The zero-order chi connectivity index (χ0) is 22.0. The maximum atomic E-state index is 13.2. The number of pyridine rings is 1. The van der Waals surface area contributed by atoms with Gasteiger partial charge >= 0.3 is 0 Å². The fourth-order valence-corrected chi connectivity index (χ4v) is 4.35. The number of hydrogen-bond acceptors (Lipinski definition) is 5. The van der Waals surface area contributed by atoms with E-state index < -0.39 is 15.5 Å². The number of halogens is 1. The van der Waals surface area contributed by atoms with Crippen molar-refractivity contribution in [3.8, 4) is 11.5 Å². The molecule has 0 radical (unpaired) electrons. The third-order valence-corrected chi connectivity index (χ3v) is 6.22. The lowest BCUT2D eigenvalue weighted by atomic mass is 10.1. The molecule has 4 aromatic rings. The highest BCUT2D eigenvalue weighted by atomic mass is 32.2. The highest BCUT2D eigenvalue weighted by molar-refractivity contribution is 8.01. The molecule has 31 heavy (non-hydrogen) atoms. The van der Waals surface area contributed by atoms with Crippen molar-refractivity contribution in [2.45, 2.75) is 4.90 Å². The molecule has 6 nitrogen and oxygen atoms in total. The summed E-state index contributed by atoms with van der Waals surface area (Å²) in [5, 5.41) is 13.9. The molecule has 4 rings (SSSR count). The van der Waals surface area contributed by atoms with Crippen LogP contribution in [0.3, 0.4) is 0 Å². The van der Waals surface area contributed by atoms with E-state index in [-0.39, 0.29) is 5.75 Å². The Morgan fingerprint density at radius 1 is 1.03 bits per heavy atom. The Balaban J connectivity index is 1.69. The SMILES string of the molecule is C=S(=O)(Nc1ccc2nccc(Nc3cc(O)cc(OC)c3)c2c1)c1ccc(F)cc1. The first-order valence-corrected chi connectivity index (χ1v) is 11.0. The van der Waals surface area contributed by atoms with Gasteiger partial charge in [-0.3, -0.25) is 4.98 Å². The number of aromatic nitrogens is 1. The van der Waals surface area contributed by atoms with E-state index in [9.17, 15) is 13.7 Å². The van der Waals surface area contributed by atoms with Crippen molar-refractivity contribution in [2.75, 3.05) is 17.1 Å². The van der Waals surface area contributed by atoms with Gasteiger partial charge < -0.3 is 19.9 Å². The smallest absolute Gasteiger partial charge is 0.124 e. The van der Waals surface area contributed by atoms with Gasteiger partial charge in [-0.25, -0.2) is 8.60 Å². The van der Waals surface area contributed by atoms with Gasteiger partial charge in [0.1, 0.15) is 17.3 Å². The molecular formula is C23H20FN3O3S. The summed E-state index contributed by atoms with van der Waals surface area (Å²) < 4.78 is 34.4. The number of nitrogens with zero attached hydrogens (tertiary/aromatic N) is 1. The molecule has 1 unspecified atom stereocenters.